The number of carboxylic acid groups (broad SMARTS) is 1. The number of aromatic amines is 1. The number of aromatic nitrogens is 1. The van der Waals surface area contributed by atoms with E-state index in [-0.39, 0.29) is 25.7 Å². The van der Waals surface area contributed by atoms with Gasteiger partial charge in [0.25, 0.3) is 0 Å². The van der Waals surface area contributed by atoms with Crippen molar-refractivity contribution in [1.82, 2.24) is 20.9 Å². The number of aliphatic carboxylic acids is 1. The molecule has 0 radical (unpaired) electrons. The fourth-order valence-electron chi connectivity index (χ4n) is 4.05. The van der Waals surface area contributed by atoms with Gasteiger partial charge in [0.15, 0.2) is 0 Å². The van der Waals surface area contributed by atoms with Crippen molar-refractivity contribution < 1.29 is 29.1 Å². The molecule has 0 spiro atoms. The number of hydrogen-bond donors (Lipinski definition) is 7. The highest BCUT2D eigenvalue weighted by Crippen LogP contribution is 2.18. The molecular weight excluding hydrogens is 504 g/mol. The van der Waals surface area contributed by atoms with Gasteiger partial charge in [-0.25, -0.2) is 4.79 Å². The number of primary amides is 1. The van der Waals surface area contributed by atoms with Gasteiger partial charge in [0, 0.05) is 29.9 Å². The first-order valence-corrected chi connectivity index (χ1v) is 12.4. The lowest BCUT2D eigenvalue weighted by Gasteiger charge is -2.21. The molecule has 12 heteroatoms. The van der Waals surface area contributed by atoms with E-state index in [9.17, 15) is 29.1 Å². The Balaban J connectivity index is 1.56. The van der Waals surface area contributed by atoms with Crippen LogP contribution < -0.4 is 27.4 Å². The molecule has 3 atom stereocenters. The summed E-state index contributed by atoms with van der Waals surface area (Å²) in [4.78, 5) is 64.1. The predicted octanol–water partition coefficient (Wildman–Crippen LogP) is -0.284. The second kappa shape index (κ2) is 13.7. The summed E-state index contributed by atoms with van der Waals surface area (Å²) in [6, 6.07) is 12.8. The van der Waals surface area contributed by atoms with Crippen LogP contribution in [0.1, 0.15) is 24.0 Å². The summed E-state index contributed by atoms with van der Waals surface area (Å²) in [5.41, 5.74) is 13.7. The number of fused-ring (bicyclic) bond motifs is 1. The summed E-state index contributed by atoms with van der Waals surface area (Å²) < 4.78 is 0. The molecule has 0 saturated heterocycles. The molecule has 39 heavy (non-hydrogen) atoms. The van der Waals surface area contributed by atoms with Gasteiger partial charge in [-0.2, -0.15) is 0 Å². The van der Waals surface area contributed by atoms with E-state index in [2.05, 4.69) is 20.9 Å². The smallest absolute Gasteiger partial charge is 0.326 e. The molecular formula is C27H32N6O6. The van der Waals surface area contributed by atoms with Crippen LogP contribution in [-0.4, -0.2) is 64.4 Å². The van der Waals surface area contributed by atoms with Crippen LogP contribution in [-0.2, 0) is 36.8 Å². The zero-order valence-electron chi connectivity index (χ0n) is 21.2. The molecule has 9 N–H and O–H groups in total. The number of nitrogens with two attached hydrogens (primary N) is 2. The SMILES string of the molecule is NC(=O)CCC(NC(=O)CNC(=O)C(N)Cc1c[nH]c2ccccc12)C(=O)NC(Cc1ccccc1)C(=O)O. The van der Waals surface area contributed by atoms with E-state index >= 15 is 0 Å². The molecule has 0 aliphatic heterocycles. The van der Waals surface area contributed by atoms with Crippen molar-refractivity contribution in [3.63, 3.8) is 0 Å². The molecule has 0 bridgehead atoms. The minimum absolute atomic E-state index is 0.0166. The van der Waals surface area contributed by atoms with Crippen LogP contribution in [0.25, 0.3) is 10.9 Å². The Morgan fingerprint density at radius 2 is 1.56 bits per heavy atom. The van der Waals surface area contributed by atoms with Crippen LogP contribution in [0.4, 0.5) is 0 Å². The van der Waals surface area contributed by atoms with Gasteiger partial charge >= 0.3 is 5.97 Å². The topological polar surface area (TPSA) is 209 Å². The standard InChI is InChI=1S/C27H32N6O6/c28-19(13-17-14-30-20-9-5-4-8-18(17)20)25(36)31-15-24(35)32-21(10-11-23(29)34)26(37)33-22(27(38)39)12-16-6-2-1-3-7-16/h1-9,14,19,21-22,30H,10-13,15,28H2,(H2,29,34)(H,31,36)(H,32,35)(H,33,37)(H,38,39). The third kappa shape index (κ3) is 8.68. The predicted molar refractivity (Wildman–Crippen MR) is 143 cm³/mol. The Kier molecular flexibility index (Phi) is 10.2. The van der Waals surface area contributed by atoms with Gasteiger partial charge in [0.1, 0.15) is 12.1 Å². The quantitative estimate of drug-likeness (QED) is 0.146. The number of para-hydroxylation sites is 1. The van der Waals surface area contributed by atoms with Crippen molar-refractivity contribution in [2.45, 2.75) is 43.8 Å². The molecule has 4 amide bonds. The van der Waals surface area contributed by atoms with E-state index in [1.54, 1.807) is 36.5 Å². The van der Waals surface area contributed by atoms with Gasteiger partial charge in [-0.3, -0.25) is 19.2 Å². The minimum atomic E-state index is -1.27. The molecule has 1 heterocycles. The van der Waals surface area contributed by atoms with Crippen LogP contribution in [0.3, 0.4) is 0 Å². The van der Waals surface area contributed by atoms with Crippen molar-refractivity contribution in [1.29, 1.82) is 0 Å². The molecule has 0 aliphatic rings. The Bertz CT molecular complexity index is 1320. The maximum Gasteiger partial charge on any atom is 0.326 e. The third-order valence-electron chi connectivity index (χ3n) is 6.10. The second-order valence-electron chi connectivity index (χ2n) is 9.10. The number of nitrogens with one attached hydrogen (secondary N) is 4. The van der Waals surface area contributed by atoms with E-state index in [4.69, 9.17) is 11.5 Å². The minimum Gasteiger partial charge on any atom is -0.480 e. The van der Waals surface area contributed by atoms with Crippen molar-refractivity contribution in [2.75, 3.05) is 6.54 Å². The summed E-state index contributed by atoms with van der Waals surface area (Å²) in [7, 11) is 0. The lowest BCUT2D eigenvalue weighted by molar-refractivity contribution is -0.142. The number of amides is 4. The number of H-pyrrole nitrogens is 1. The van der Waals surface area contributed by atoms with Gasteiger partial charge in [0.05, 0.1) is 12.6 Å². The highest BCUT2D eigenvalue weighted by molar-refractivity contribution is 5.93. The Hall–Kier alpha value is -4.71. The fourth-order valence-corrected chi connectivity index (χ4v) is 4.05. The highest BCUT2D eigenvalue weighted by Gasteiger charge is 2.27. The molecule has 0 saturated carbocycles. The number of rotatable bonds is 14. The largest absolute Gasteiger partial charge is 0.480 e. The molecule has 3 aromatic rings. The Labute approximate surface area is 224 Å². The maximum atomic E-state index is 12.9. The summed E-state index contributed by atoms with van der Waals surface area (Å²) in [5, 5.41) is 17.8. The van der Waals surface area contributed by atoms with Crippen molar-refractivity contribution in [2.24, 2.45) is 11.5 Å². The number of benzene rings is 2. The van der Waals surface area contributed by atoms with Crippen LogP contribution >= 0.6 is 0 Å². The summed E-state index contributed by atoms with van der Waals surface area (Å²) in [6.07, 6.45) is 1.64. The first-order chi connectivity index (χ1) is 18.6. The molecule has 206 valence electrons. The van der Waals surface area contributed by atoms with Gasteiger partial charge in [-0.1, -0.05) is 48.5 Å². The van der Waals surface area contributed by atoms with Gasteiger partial charge in [0.2, 0.25) is 23.6 Å². The number of carbonyl (C=O) groups excluding carboxylic acids is 4. The van der Waals surface area contributed by atoms with Gasteiger partial charge < -0.3 is 37.5 Å². The van der Waals surface area contributed by atoms with Crippen LogP contribution in [0.2, 0.25) is 0 Å². The lowest BCUT2D eigenvalue weighted by Crippen LogP contribution is -2.54. The number of carboxylic acids is 1. The molecule has 12 nitrogen and oxygen atoms in total. The number of carbonyl (C=O) groups is 5. The fraction of sp³-hybridized carbons (Fsp3) is 0.296. The molecule has 2 aromatic carbocycles. The number of hydrogen-bond acceptors (Lipinski definition) is 6. The molecule has 3 unspecified atom stereocenters. The van der Waals surface area contributed by atoms with Gasteiger partial charge in [-0.15, -0.1) is 0 Å². The van der Waals surface area contributed by atoms with Crippen LogP contribution in [0.15, 0.2) is 60.8 Å². The average molecular weight is 537 g/mol. The molecule has 3 rings (SSSR count). The van der Waals surface area contributed by atoms with Crippen molar-refractivity contribution in [3.05, 3.63) is 71.9 Å². The van der Waals surface area contributed by atoms with Gasteiger partial charge in [-0.05, 0) is 30.0 Å². The Morgan fingerprint density at radius 1 is 0.872 bits per heavy atom. The Morgan fingerprint density at radius 3 is 2.26 bits per heavy atom. The normalized spacial score (nSPS) is 13.2. The molecule has 0 aliphatic carbocycles. The molecule has 1 aromatic heterocycles. The summed E-state index contributed by atoms with van der Waals surface area (Å²) in [5.74, 6) is -4.04. The zero-order valence-corrected chi connectivity index (χ0v) is 21.2. The zero-order chi connectivity index (χ0) is 28.4. The first-order valence-electron chi connectivity index (χ1n) is 12.4. The lowest BCUT2D eigenvalue weighted by atomic mass is 10.0. The van der Waals surface area contributed by atoms with Crippen molar-refractivity contribution in [3.8, 4) is 0 Å². The third-order valence-corrected chi connectivity index (χ3v) is 6.10. The second-order valence-corrected chi connectivity index (χ2v) is 9.10. The van der Waals surface area contributed by atoms with Crippen LogP contribution in [0, 0.1) is 0 Å². The van der Waals surface area contributed by atoms with E-state index in [1.807, 2.05) is 24.3 Å². The molecule has 0 fully saturated rings. The van der Waals surface area contributed by atoms with E-state index in [1.165, 1.54) is 0 Å². The maximum absolute atomic E-state index is 12.9. The monoisotopic (exact) mass is 536 g/mol. The first kappa shape index (κ1) is 28.9. The van der Waals surface area contributed by atoms with E-state index < -0.39 is 54.3 Å². The summed E-state index contributed by atoms with van der Waals surface area (Å²) in [6.45, 7) is -0.479. The average Bonchev–Trinajstić information content (AvgIpc) is 3.32. The van der Waals surface area contributed by atoms with Crippen molar-refractivity contribution >= 4 is 40.5 Å². The van der Waals surface area contributed by atoms with Crippen LogP contribution in [0.5, 0.6) is 0 Å². The van der Waals surface area contributed by atoms with E-state index in [0.717, 1.165) is 16.5 Å². The van der Waals surface area contributed by atoms with E-state index in [0.29, 0.717) is 5.56 Å². The highest BCUT2D eigenvalue weighted by atomic mass is 16.4. The summed E-state index contributed by atoms with van der Waals surface area (Å²) >= 11 is 0.